The Bertz CT molecular complexity index is 2280. The van der Waals surface area contributed by atoms with Gasteiger partial charge in [-0.1, -0.05) is 81.6 Å². The first-order valence-corrected chi connectivity index (χ1v) is 23.3. The van der Waals surface area contributed by atoms with E-state index < -0.39 is 35.4 Å². The van der Waals surface area contributed by atoms with Crippen molar-refractivity contribution < 1.29 is 33.8 Å². The van der Waals surface area contributed by atoms with Crippen LogP contribution in [0.2, 0.25) is 5.02 Å². The van der Waals surface area contributed by atoms with Gasteiger partial charge < -0.3 is 35.4 Å². The van der Waals surface area contributed by atoms with Crippen LogP contribution in [0.1, 0.15) is 111 Å². The third-order valence-corrected chi connectivity index (χ3v) is 13.1. The number of halogens is 1. The number of aromatic nitrogens is 1. The highest BCUT2D eigenvalue weighted by Gasteiger charge is 2.44. The van der Waals surface area contributed by atoms with Crippen molar-refractivity contribution in [3.63, 3.8) is 0 Å². The molecule has 4 N–H and O–H groups in total. The van der Waals surface area contributed by atoms with Crippen LogP contribution in [0, 0.1) is 23.7 Å². The molecule has 0 spiro atoms. The lowest BCUT2D eigenvalue weighted by atomic mass is 9.85. The van der Waals surface area contributed by atoms with Crippen molar-refractivity contribution in [3.8, 4) is 22.3 Å². The zero-order valence-corrected chi connectivity index (χ0v) is 38.8. The number of benzene rings is 3. The van der Waals surface area contributed by atoms with E-state index in [4.69, 9.17) is 26.3 Å². The van der Waals surface area contributed by atoms with Crippen LogP contribution in [0.3, 0.4) is 0 Å². The Morgan fingerprint density at radius 3 is 2.36 bits per heavy atom. The lowest BCUT2D eigenvalue weighted by molar-refractivity contribution is -0.144. The molecule has 1 saturated carbocycles. The number of nitrogens with one attached hydrogen (secondary N) is 3. The van der Waals surface area contributed by atoms with Gasteiger partial charge in [-0.2, -0.15) is 5.26 Å². The second-order valence-corrected chi connectivity index (χ2v) is 19.2. The zero-order valence-electron chi connectivity index (χ0n) is 37.2. The molecule has 2 heterocycles. The van der Waals surface area contributed by atoms with Crippen molar-refractivity contribution in [1.29, 1.82) is 5.26 Å². The molecule has 1 aliphatic heterocycles. The molecule has 4 amide bonds. The van der Waals surface area contributed by atoms with E-state index in [-0.39, 0.29) is 49.6 Å². The number of ether oxygens (including phenoxy) is 2. The number of rotatable bonds is 19. The first-order chi connectivity index (χ1) is 30.6. The fraction of sp³-hybridized carbons (Fsp3) is 0.469. The summed E-state index contributed by atoms with van der Waals surface area (Å²) in [5.41, 5.74) is 6.22. The largest absolute Gasteiger partial charge is 0.490 e. The van der Waals surface area contributed by atoms with Gasteiger partial charge in [-0.3, -0.25) is 19.2 Å². The minimum atomic E-state index is -0.939. The summed E-state index contributed by atoms with van der Waals surface area (Å²) in [7, 11) is 0. The Hall–Kier alpha value is -5.33. The van der Waals surface area contributed by atoms with Gasteiger partial charge >= 0.3 is 0 Å². The van der Waals surface area contributed by atoms with Gasteiger partial charge in [-0.25, -0.2) is 4.98 Å². The number of aliphatic hydroxyl groups excluding tert-OH is 1. The summed E-state index contributed by atoms with van der Waals surface area (Å²) in [5.74, 6) is -0.712. The molecule has 4 aromatic rings. The van der Waals surface area contributed by atoms with Gasteiger partial charge in [-0.05, 0) is 79.5 Å². The highest BCUT2D eigenvalue weighted by atomic mass is 35.5. The summed E-state index contributed by atoms with van der Waals surface area (Å²) in [6.45, 7) is 9.60. The predicted octanol–water partition coefficient (Wildman–Crippen LogP) is 7.47. The van der Waals surface area contributed by atoms with E-state index in [0.717, 1.165) is 59.4 Å². The molecular formula is C49H59ClN6O7S. The van der Waals surface area contributed by atoms with Crippen LogP contribution in [0.5, 0.6) is 5.75 Å². The summed E-state index contributed by atoms with van der Waals surface area (Å²) in [5, 5.41) is 29.0. The smallest absolute Gasteiger partial charge is 0.251 e. The Kier molecular flexibility index (Phi) is 16.6. The number of nitrogens with zero attached hydrogens (tertiary/aromatic N) is 3. The Morgan fingerprint density at radius 1 is 0.984 bits per heavy atom. The van der Waals surface area contributed by atoms with Crippen molar-refractivity contribution in [2.75, 3.05) is 19.8 Å². The van der Waals surface area contributed by atoms with Crippen LogP contribution < -0.4 is 20.7 Å². The van der Waals surface area contributed by atoms with Crippen LogP contribution in [-0.4, -0.2) is 88.7 Å². The summed E-state index contributed by atoms with van der Waals surface area (Å²) in [4.78, 5) is 60.3. The number of thiazole rings is 1. The molecule has 1 aromatic heterocycles. The van der Waals surface area contributed by atoms with Crippen LogP contribution in [0.15, 0.2) is 72.2 Å². The maximum Gasteiger partial charge on any atom is 0.251 e. The maximum absolute atomic E-state index is 14.0. The summed E-state index contributed by atoms with van der Waals surface area (Å²) >= 11 is 7.68. The molecule has 340 valence electrons. The summed E-state index contributed by atoms with van der Waals surface area (Å²) < 4.78 is 11.6. The molecule has 1 aliphatic carbocycles. The Morgan fingerprint density at radius 2 is 1.70 bits per heavy atom. The number of carbonyl (C=O) groups is 4. The summed E-state index contributed by atoms with van der Waals surface area (Å²) in [6, 6.07) is 20.5. The number of carbonyl (C=O) groups excluding carboxylic acids is 4. The van der Waals surface area contributed by atoms with Gasteiger partial charge in [0.1, 0.15) is 36.6 Å². The standard InChI is InChI=1S/C49H59ClN6O7S/c1-30(33-15-17-34(18-16-33)44-31(2)52-29-64-44)53-47(60)42-24-38(57)27-56(42)48(61)45(49(3,4)5)55-43(58)28-62-21-9-7-6-8-10-32-11-13-35(14-12-32)46(59)54-37-22-40(23-37)63-39-20-19-36(26-51)41(50)25-39/h11-20,25,29-30,37-38,40,42,45,57H,6-10,21-24,27-28H2,1-5H3,(H,53,60)(H,54,59)(H,55,58)/t30-,37?,38+,40?,42-,45+/m0/s1. The molecular weight excluding hydrogens is 852 g/mol. The maximum atomic E-state index is 14.0. The van der Waals surface area contributed by atoms with Crippen molar-refractivity contribution in [3.05, 3.63) is 105 Å². The van der Waals surface area contributed by atoms with Crippen molar-refractivity contribution >= 4 is 46.6 Å². The first-order valence-electron chi connectivity index (χ1n) is 22.0. The molecule has 2 aliphatic rings. The van der Waals surface area contributed by atoms with Crippen LogP contribution in [0.25, 0.3) is 10.4 Å². The van der Waals surface area contributed by atoms with E-state index in [2.05, 4.69) is 20.9 Å². The van der Waals surface area contributed by atoms with E-state index in [9.17, 15) is 24.3 Å². The van der Waals surface area contributed by atoms with Gasteiger partial charge in [0.2, 0.25) is 17.7 Å². The fourth-order valence-corrected chi connectivity index (χ4v) is 9.02. The molecule has 6 rings (SSSR count). The van der Waals surface area contributed by atoms with E-state index in [1.54, 1.807) is 29.5 Å². The number of aliphatic hydroxyl groups is 1. The number of likely N-dealkylation sites (tertiary alicyclic amines) is 1. The van der Waals surface area contributed by atoms with E-state index >= 15 is 0 Å². The van der Waals surface area contributed by atoms with Crippen LogP contribution in [-0.2, 0) is 25.5 Å². The van der Waals surface area contributed by atoms with Crippen molar-refractivity contribution in [2.24, 2.45) is 5.41 Å². The SMILES string of the molecule is Cc1ncsc1-c1ccc([C@H](C)NC(=O)[C@@H]2C[C@@H](O)CN2C(=O)[C@@H](NC(=O)COCCCCCCc2ccc(C(=O)NC3CC(Oc4ccc(C#N)c(Cl)c4)C3)cc2)C(C)(C)C)cc1. The minimum Gasteiger partial charge on any atom is -0.490 e. The van der Waals surface area contributed by atoms with Gasteiger partial charge in [-0.15, -0.1) is 11.3 Å². The Labute approximate surface area is 384 Å². The molecule has 2 fully saturated rings. The van der Waals surface area contributed by atoms with E-state index in [1.165, 1.54) is 4.90 Å². The van der Waals surface area contributed by atoms with E-state index in [1.807, 2.05) is 94.7 Å². The average Bonchev–Trinajstić information content (AvgIpc) is 3.87. The van der Waals surface area contributed by atoms with Gasteiger partial charge in [0.15, 0.2) is 0 Å². The third-order valence-electron chi connectivity index (χ3n) is 11.8. The lowest BCUT2D eigenvalue weighted by Gasteiger charge is -2.35. The van der Waals surface area contributed by atoms with Crippen LogP contribution >= 0.6 is 22.9 Å². The molecule has 0 bridgehead atoms. The van der Waals surface area contributed by atoms with Crippen molar-refractivity contribution in [2.45, 2.75) is 122 Å². The highest BCUT2D eigenvalue weighted by molar-refractivity contribution is 7.13. The molecule has 4 atom stereocenters. The zero-order chi connectivity index (χ0) is 46.0. The monoisotopic (exact) mass is 910 g/mol. The van der Waals surface area contributed by atoms with Crippen molar-refractivity contribution in [1.82, 2.24) is 25.8 Å². The highest BCUT2D eigenvalue weighted by Crippen LogP contribution is 2.31. The van der Waals surface area contributed by atoms with Gasteiger partial charge in [0.25, 0.3) is 5.91 Å². The second kappa shape index (κ2) is 22.0. The lowest BCUT2D eigenvalue weighted by Crippen LogP contribution is -2.58. The number of nitriles is 1. The van der Waals surface area contributed by atoms with Crippen LogP contribution in [0.4, 0.5) is 0 Å². The number of hydrogen-bond acceptors (Lipinski definition) is 10. The molecule has 64 heavy (non-hydrogen) atoms. The molecule has 1 saturated heterocycles. The predicted molar refractivity (Wildman–Crippen MR) is 247 cm³/mol. The number of β-amino-alcohol motifs (C(OH)–C–C–N with tert-alkyl or cyclic N) is 1. The molecule has 0 unspecified atom stereocenters. The summed E-state index contributed by atoms with van der Waals surface area (Å²) in [6.07, 6.45) is 5.13. The van der Waals surface area contributed by atoms with Gasteiger partial charge in [0.05, 0.1) is 38.8 Å². The molecule has 0 radical (unpaired) electrons. The fourth-order valence-electron chi connectivity index (χ4n) is 7.99. The second-order valence-electron chi connectivity index (χ2n) is 17.9. The van der Waals surface area contributed by atoms with Gasteiger partial charge in [0, 0.05) is 50.1 Å². The Balaban J connectivity index is 0.858. The normalized spacial score (nSPS) is 19.2. The minimum absolute atomic E-state index is 0.00564. The number of amides is 4. The number of unbranched alkanes of at least 4 members (excludes halogenated alkanes) is 3. The number of aryl methyl sites for hydroxylation is 2. The molecule has 3 aromatic carbocycles. The topological polar surface area (TPSA) is 183 Å². The third kappa shape index (κ3) is 12.9. The quantitative estimate of drug-likeness (QED) is 0.0694. The number of hydrogen-bond donors (Lipinski definition) is 4. The average molecular weight is 912 g/mol. The molecule has 15 heteroatoms. The first kappa shape index (κ1) is 48.1. The molecule has 13 nitrogen and oxygen atoms in total. The van der Waals surface area contributed by atoms with E-state index in [0.29, 0.717) is 41.3 Å².